The molecule has 2 atom stereocenters. The predicted molar refractivity (Wildman–Crippen MR) is 304 cm³/mol. The van der Waals surface area contributed by atoms with E-state index in [9.17, 15) is 0 Å². The Morgan fingerprint density at radius 2 is 0.822 bits per heavy atom. The number of furan rings is 1. The summed E-state index contributed by atoms with van der Waals surface area (Å²) in [6.45, 7) is 2.25. The molecule has 1 aliphatic rings. The van der Waals surface area contributed by atoms with Crippen molar-refractivity contribution in [2.24, 2.45) is 15.9 Å². The zero-order chi connectivity index (χ0) is 48.7. The van der Waals surface area contributed by atoms with Crippen molar-refractivity contribution in [3.05, 3.63) is 271 Å². The first kappa shape index (κ1) is 43.7. The van der Waals surface area contributed by atoms with Gasteiger partial charge in [-0.15, -0.1) is 0 Å². The van der Waals surface area contributed by atoms with Gasteiger partial charge in [-0.25, -0.2) is 9.98 Å². The highest BCUT2D eigenvalue weighted by atomic mass is 16.3. The fraction of sp³-hybridized carbons (Fsp3) is 0.0580. The van der Waals surface area contributed by atoms with Crippen molar-refractivity contribution in [1.29, 1.82) is 0 Å². The Labute approximate surface area is 425 Å². The third-order valence-electron chi connectivity index (χ3n) is 14.5. The maximum absolute atomic E-state index is 6.79. The topological polar surface area (TPSA) is 50.8 Å². The number of pyridine rings is 1. The Morgan fingerprint density at radius 1 is 0.370 bits per heavy atom. The number of fused-ring (bicyclic) bond motifs is 4. The van der Waals surface area contributed by atoms with Gasteiger partial charge in [-0.05, 0) is 128 Å². The molecule has 1 aliphatic heterocycles. The fourth-order valence-electron chi connectivity index (χ4n) is 10.6. The first-order valence-electron chi connectivity index (χ1n) is 25.2. The van der Waals surface area contributed by atoms with Crippen LogP contribution in [0.2, 0.25) is 0 Å². The number of amidine groups is 1. The lowest BCUT2D eigenvalue weighted by Gasteiger charge is -2.30. The van der Waals surface area contributed by atoms with Gasteiger partial charge in [0.2, 0.25) is 0 Å². The summed E-state index contributed by atoms with van der Waals surface area (Å²) in [5.41, 5.74) is 20.5. The highest BCUT2D eigenvalue weighted by Gasteiger charge is 2.32. The molecule has 0 fully saturated rings. The molecule has 0 amide bonds. The van der Waals surface area contributed by atoms with Crippen molar-refractivity contribution < 1.29 is 4.42 Å². The zero-order valence-electron chi connectivity index (χ0n) is 40.4. The molecular weight excluding hydrogens is 887 g/mol. The first-order chi connectivity index (χ1) is 36.1. The molecule has 0 saturated carbocycles. The molecule has 0 bridgehead atoms. The van der Waals surface area contributed by atoms with Gasteiger partial charge >= 0.3 is 0 Å². The van der Waals surface area contributed by atoms with Crippen LogP contribution in [0.3, 0.4) is 0 Å². The second kappa shape index (κ2) is 18.8. The number of benzene rings is 10. The summed E-state index contributed by atoms with van der Waals surface area (Å²) in [5, 5.41) is 3.24. The van der Waals surface area contributed by atoms with Gasteiger partial charge in [0, 0.05) is 38.8 Å². The highest BCUT2D eigenvalue weighted by Crippen LogP contribution is 2.40. The van der Waals surface area contributed by atoms with Crippen molar-refractivity contribution in [2.75, 3.05) is 0 Å². The van der Waals surface area contributed by atoms with Crippen LogP contribution in [-0.4, -0.2) is 16.5 Å². The smallest absolute Gasteiger partial charge is 0.155 e. The minimum Gasteiger partial charge on any atom is -0.456 e. The minimum absolute atomic E-state index is 0.0491. The van der Waals surface area contributed by atoms with Gasteiger partial charge in [0.05, 0.1) is 23.0 Å². The fourth-order valence-corrected chi connectivity index (χ4v) is 10.6. The van der Waals surface area contributed by atoms with E-state index in [2.05, 4.69) is 262 Å². The number of rotatable bonds is 10. The molecule has 4 heteroatoms. The molecule has 2 aromatic heterocycles. The third kappa shape index (κ3) is 8.53. The second-order valence-electron chi connectivity index (χ2n) is 19.0. The van der Waals surface area contributed by atoms with Gasteiger partial charge in [0.15, 0.2) is 5.84 Å². The van der Waals surface area contributed by atoms with Gasteiger partial charge in [0.1, 0.15) is 11.2 Å². The number of hydrogen-bond acceptors (Lipinski definition) is 4. The Hall–Kier alpha value is -9.25. The normalized spacial score (nSPS) is 14.6. The van der Waals surface area contributed by atoms with E-state index in [-0.39, 0.29) is 12.0 Å². The molecular formula is C69H49N3O. The summed E-state index contributed by atoms with van der Waals surface area (Å²) in [6, 6.07) is 90.5. The Balaban J connectivity index is 0.829. The van der Waals surface area contributed by atoms with Gasteiger partial charge in [-0.1, -0.05) is 201 Å². The number of hydrogen-bond donors (Lipinski definition) is 0. The summed E-state index contributed by atoms with van der Waals surface area (Å²) >= 11 is 0. The van der Waals surface area contributed by atoms with E-state index in [0.29, 0.717) is 0 Å². The summed E-state index contributed by atoms with van der Waals surface area (Å²) in [5.74, 6) is 0.787. The lowest BCUT2D eigenvalue weighted by Crippen LogP contribution is -2.28. The maximum Gasteiger partial charge on any atom is 0.155 e. The van der Waals surface area contributed by atoms with Crippen LogP contribution in [-0.2, 0) is 0 Å². The summed E-state index contributed by atoms with van der Waals surface area (Å²) in [6.07, 6.45) is 0.869. The van der Waals surface area contributed by atoms with Crippen molar-refractivity contribution in [3.63, 3.8) is 0 Å². The summed E-state index contributed by atoms with van der Waals surface area (Å²) < 4.78 is 6.79. The molecule has 3 heterocycles. The minimum atomic E-state index is -0.123. The molecule has 10 aromatic carbocycles. The van der Waals surface area contributed by atoms with Gasteiger partial charge in [0.25, 0.3) is 0 Å². The quantitative estimate of drug-likeness (QED) is 0.137. The van der Waals surface area contributed by atoms with E-state index in [1.54, 1.807) is 0 Å². The lowest BCUT2D eigenvalue weighted by atomic mass is 9.82. The number of nitrogens with zero attached hydrogens (tertiary/aromatic N) is 3. The van der Waals surface area contributed by atoms with Crippen LogP contribution in [0.5, 0.6) is 0 Å². The van der Waals surface area contributed by atoms with Crippen molar-refractivity contribution in [2.45, 2.75) is 19.4 Å². The standard InChI is InChI=1S/C69H49N3O/c1-2-60-67(51-27-23-49(24-28-51)45-15-7-3-8-16-45)71-69(52-29-25-50(26-30-52)46-17-9-4-10-18-46)72-68(60)56-32-36-62-61-35-31-54(43-65(61)73-66(62)44-56)53-33-37-63-55(39-53)34-38-64(70-63)59-41-57(47-19-11-5-12-20-47)40-58(42-59)48-21-13-6-14-22-48/h3-44,60,67H,2H2,1H3. The average Bonchev–Trinajstić information content (AvgIpc) is 3.85. The third-order valence-corrected chi connectivity index (χ3v) is 14.5. The van der Waals surface area contributed by atoms with E-state index in [4.69, 9.17) is 19.4 Å². The first-order valence-corrected chi connectivity index (χ1v) is 25.2. The van der Waals surface area contributed by atoms with E-state index >= 15 is 0 Å². The Kier molecular flexibility index (Phi) is 11.3. The lowest BCUT2D eigenvalue weighted by molar-refractivity contribution is 0.532. The van der Waals surface area contributed by atoms with E-state index in [0.717, 1.165) is 89.9 Å². The second-order valence-corrected chi connectivity index (χ2v) is 19.0. The Bertz CT molecular complexity index is 3970. The molecule has 0 aliphatic carbocycles. The average molecular weight is 936 g/mol. The maximum atomic E-state index is 6.79. The van der Waals surface area contributed by atoms with Crippen LogP contribution >= 0.6 is 0 Å². The van der Waals surface area contributed by atoms with Gasteiger partial charge < -0.3 is 4.42 Å². The van der Waals surface area contributed by atoms with Crippen LogP contribution in [0.25, 0.3) is 99.7 Å². The SMILES string of the molecule is CCC1C(c2ccc3c(c2)oc2cc(-c4ccc5nc(-c6cc(-c7ccccc7)cc(-c7ccccc7)c6)ccc5c4)ccc23)=NC(c2ccc(-c3ccccc3)cc2)=NC1c1ccc(-c2ccccc2)cc1. The van der Waals surface area contributed by atoms with E-state index in [1.807, 2.05) is 0 Å². The van der Waals surface area contributed by atoms with E-state index < -0.39 is 0 Å². The van der Waals surface area contributed by atoms with E-state index in [1.165, 1.54) is 44.5 Å². The van der Waals surface area contributed by atoms with Crippen LogP contribution in [0.15, 0.2) is 269 Å². The predicted octanol–water partition coefficient (Wildman–Crippen LogP) is 18.2. The molecule has 2 unspecified atom stereocenters. The molecule has 12 aromatic rings. The van der Waals surface area contributed by atoms with Crippen LogP contribution < -0.4 is 0 Å². The number of aromatic nitrogens is 1. The molecule has 346 valence electrons. The van der Waals surface area contributed by atoms with Gasteiger partial charge in [-0.2, -0.15) is 0 Å². The Morgan fingerprint density at radius 3 is 1.40 bits per heavy atom. The molecule has 4 nitrogen and oxygen atoms in total. The van der Waals surface area contributed by atoms with Crippen LogP contribution in [0.4, 0.5) is 0 Å². The summed E-state index contributed by atoms with van der Waals surface area (Å²) in [4.78, 5) is 16.1. The van der Waals surface area contributed by atoms with Crippen molar-refractivity contribution in [3.8, 4) is 66.9 Å². The largest absolute Gasteiger partial charge is 0.456 e. The number of aliphatic imine (C=N–C) groups is 2. The van der Waals surface area contributed by atoms with Crippen LogP contribution in [0, 0.1) is 5.92 Å². The van der Waals surface area contributed by atoms with Gasteiger partial charge in [-0.3, -0.25) is 4.99 Å². The van der Waals surface area contributed by atoms with Crippen molar-refractivity contribution >= 4 is 44.4 Å². The monoisotopic (exact) mass is 935 g/mol. The molecule has 73 heavy (non-hydrogen) atoms. The molecule has 0 saturated heterocycles. The molecule has 0 N–H and O–H groups in total. The highest BCUT2D eigenvalue weighted by molar-refractivity contribution is 6.17. The molecule has 13 rings (SSSR count). The molecule has 0 spiro atoms. The summed E-state index contributed by atoms with van der Waals surface area (Å²) in [7, 11) is 0. The van der Waals surface area contributed by atoms with Crippen molar-refractivity contribution in [1.82, 2.24) is 4.98 Å². The zero-order valence-corrected chi connectivity index (χ0v) is 40.4. The van der Waals surface area contributed by atoms with Crippen LogP contribution in [0.1, 0.15) is 36.1 Å². The molecule has 0 radical (unpaired) electrons.